The maximum Gasteiger partial charge on any atom is 0.256 e. The predicted octanol–water partition coefficient (Wildman–Crippen LogP) is 3.28. The van der Waals surface area contributed by atoms with E-state index in [1.807, 2.05) is 36.6 Å². The van der Waals surface area contributed by atoms with Crippen LogP contribution in [-0.2, 0) is 6.61 Å². The molecule has 3 heterocycles. The highest BCUT2D eigenvalue weighted by Gasteiger charge is 2.25. The maximum absolute atomic E-state index is 12.2. The number of thiazole rings is 1. The van der Waals surface area contributed by atoms with Gasteiger partial charge in [-0.1, -0.05) is 12.1 Å². The van der Waals surface area contributed by atoms with Gasteiger partial charge in [-0.05, 0) is 36.8 Å². The van der Waals surface area contributed by atoms with E-state index in [1.54, 1.807) is 29.7 Å². The second-order valence-electron chi connectivity index (χ2n) is 5.67. The summed E-state index contributed by atoms with van der Waals surface area (Å²) in [5, 5.41) is 9.19. The lowest BCUT2D eigenvalue weighted by molar-refractivity contribution is 0.0935. The number of pyridine rings is 1. The number of carbonyl (C=O) groups is 1. The van der Waals surface area contributed by atoms with E-state index in [1.165, 1.54) is 0 Å². The van der Waals surface area contributed by atoms with Gasteiger partial charge in [-0.2, -0.15) is 0 Å². The van der Waals surface area contributed by atoms with Crippen molar-refractivity contribution in [3.63, 3.8) is 0 Å². The van der Waals surface area contributed by atoms with E-state index in [0.717, 1.165) is 22.0 Å². The summed E-state index contributed by atoms with van der Waals surface area (Å²) in [6.45, 7) is 2.42. The van der Waals surface area contributed by atoms with Gasteiger partial charge in [0, 0.05) is 11.6 Å². The summed E-state index contributed by atoms with van der Waals surface area (Å²) in [4.78, 5) is 20.8. The molecule has 0 unspecified atom stereocenters. The third-order valence-corrected chi connectivity index (χ3v) is 4.70. The molecular weight excluding hydrogens is 336 g/mol. The topological polar surface area (TPSA) is 76.1 Å². The van der Waals surface area contributed by atoms with Gasteiger partial charge < -0.3 is 15.4 Å². The normalized spacial score (nSPS) is 15.9. The molecule has 1 aromatic carbocycles. The summed E-state index contributed by atoms with van der Waals surface area (Å²) in [5.74, 6) is 1.22. The van der Waals surface area contributed by atoms with Crippen LogP contribution in [0.5, 0.6) is 5.75 Å². The average molecular weight is 352 g/mol. The molecule has 0 bridgehead atoms. The van der Waals surface area contributed by atoms with E-state index in [2.05, 4.69) is 20.6 Å². The average Bonchev–Trinajstić information content (AvgIpc) is 3.06. The van der Waals surface area contributed by atoms with Crippen LogP contribution in [0.2, 0.25) is 0 Å². The molecule has 1 aliphatic heterocycles. The number of aryl methyl sites for hydroxylation is 1. The van der Waals surface area contributed by atoms with Crippen LogP contribution < -0.4 is 15.4 Å². The van der Waals surface area contributed by atoms with Crippen LogP contribution in [0.4, 0.5) is 5.82 Å². The van der Waals surface area contributed by atoms with E-state index in [-0.39, 0.29) is 12.1 Å². The number of nitrogens with one attached hydrogen (secondary N) is 2. The highest BCUT2D eigenvalue weighted by molar-refractivity contribution is 7.09. The van der Waals surface area contributed by atoms with Crippen molar-refractivity contribution in [2.45, 2.75) is 19.7 Å². The first kappa shape index (κ1) is 15.6. The number of nitrogens with zero attached hydrogens (tertiary/aromatic N) is 2. The lowest BCUT2D eigenvalue weighted by Crippen LogP contribution is -2.38. The Morgan fingerprint density at radius 2 is 2.04 bits per heavy atom. The first-order valence-corrected chi connectivity index (χ1v) is 8.73. The van der Waals surface area contributed by atoms with Crippen LogP contribution in [0.3, 0.4) is 0 Å². The van der Waals surface area contributed by atoms with Gasteiger partial charge in [0.05, 0.1) is 16.3 Å². The van der Waals surface area contributed by atoms with Gasteiger partial charge in [-0.15, -0.1) is 11.3 Å². The molecule has 0 aliphatic carbocycles. The zero-order valence-electron chi connectivity index (χ0n) is 13.5. The Morgan fingerprint density at radius 1 is 1.20 bits per heavy atom. The number of ether oxygens (including phenoxy) is 1. The van der Waals surface area contributed by atoms with Crippen molar-refractivity contribution in [2.24, 2.45) is 0 Å². The fraction of sp³-hybridized carbons (Fsp3) is 0.167. The van der Waals surface area contributed by atoms with Crippen molar-refractivity contribution in [1.29, 1.82) is 0 Å². The highest BCUT2D eigenvalue weighted by Crippen LogP contribution is 2.25. The molecule has 6 nitrogen and oxygen atoms in total. The standard InChI is InChI=1S/C18H16N4O2S/c1-11-20-13(10-25-11)9-24-14-6-4-12(5-7-14)16-21-17-15(18(23)22-16)3-2-8-19-17/h2-8,10,16H,9H2,1H3,(H,19,21)(H,22,23)/t16-/m0/s1. The van der Waals surface area contributed by atoms with Crippen molar-refractivity contribution in [2.75, 3.05) is 5.32 Å². The number of benzene rings is 1. The molecule has 1 atom stereocenters. The van der Waals surface area contributed by atoms with Crippen molar-refractivity contribution in [3.05, 3.63) is 69.8 Å². The zero-order valence-corrected chi connectivity index (χ0v) is 14.3. The quantitative estimate of drug-likeness (QED) is 0.754. The summed E-state index contributed by atoms with van der Waals surface area (Å²) in [6, 6.07) is 11.1. The van der Waals surface area contributed by atoms with Crippen LogP contribution >= 0.6 is 11.3 Å². The summed E-state index contributed by atoms with van der Waals surface area (Å²) in [6.07, 6.45) is 1.35. The number of hydrogen-bond acceptors (Lipinski definition) is 6. The predicted molar refractivity (Wildman–Crippen MR) is 95.7 cm³/mol. The van der Waals surface area contributed by atoms with E-state index >= 15 is 0 Å². The minimum absolute atomic E-state index is 0.133. The SMILES string of the molecule is Cc1nc(COc2ccc([C@@H]3NC(=O)c4cccnc4N3)cc2)cs1. The van der Waals surface area contributed by atoms with Crippen molar-refractivity contribution < 1.29 is 9.53 Å². The van der Waals surface area contributed by atoms with Crippen LogP contribution in [0.15, 0.2) is 48.0 Å². The third kappa shape index (κ3) is 3.32. The molecule has 1 aliphatic rings. The fourth-order valence-electron chi connectivity index (χ4n) is 2.64. The Bertz CT molecular complexity index is 907. The fourth-order valence-corrected chi connectivity index (χ4v) is 3.24. The van der Waals surface area contributed by atoms with Crippen molar-refractivity contribution >= 4 is 23.1 Å². The molecule has 25 heavy (non-hydrogen) atoms. The zero-order chi connectivity index (χ0) is 17.2. The van der Waals surface area contributed by atoms with Gasteiger partial charge in [-0.25, -0.2) is 9.97 Å². The van der Waals surface area contributed by atoms with Crippen molar-refractivity contribution in [3.8, 4) is 5.75 Å². The number of aromatic nitrogens is 2. The number of hydrogen-bond donors (Lipinski definition) is 2. The Kier molecular flexibility index (Phi) is 4.07. The van der Waals surface area contributed by atoms with Gasteiger partial charge in [0.25, 0.3) is 5.91 Å². The van der Waals surface area contributed by atoms with Gasteiger partial charge in [0.1, 0.15) is 24.3 Å². The lowest BCUT2D eigenvalue weighted by Gasteiger charge is -2.27. The van der Waals surface area contributed by atoms with Crippen LogP contribution in [0, 0.1) is 6.92 Å². The Balaban J connectivity index is 1.45. The highest BCUT2D eigenvalue weighted by atomic mass is 32.1. The lowest BCUT2D eigenvalue weighted by atomic mass is 10.1. The molecule has 2 aromatic heterocycles. The first-order chi connectivity index (χ1) is 12.2. The summed E-state index contributed by atoms with van der Waals surface area (Å²) >= 11 is 1.61. The number of amides is 1. The van der Waals surface area contributed by atoms with Crippen molar-refractivity contribution in [1.82, 2.24) is 15.3 Å². The molecule has 0 saturated carbocycles. The van der Waals surface area contributed by atoms with Gasteiger partial charge in [-0.3, -0.25) is 4.79 Å². The largest absolute Gasteiger partial charge is 0.487 e. The van der Waals surface area contributed by atoms with E-state index < -0.39 is 0 Å². The molecule has 3 aromatic rings. The monoisotopic (exact) mass is 352 g/mol. The molecule has 126 valence electrons. The number of rotatable bonds is 4. The summed E-state index contributed by atoms with van der Waals surface area (Å²) in [7, 11) is 0. The first-order valence-electron chi connectivity index (χ1n) is 7.85. The van der Waals surface area contributed by atoms with Crippen LogP contribution in [-0.4, -0.2) is 15.9 Å². The Morgan fingerprint density at radius 3 is 2.80 bits per heavy atom. The van der Waals surface area contributed by atoms with Crippen LogP contribution in [0.1, 0.15) is 32.8 Å². The molecule has 4 rings (SSSR count). The Hall–Kier alpha value is -2.93. The molecule has 0 spiro atoms. The van der Waals surface area contributed by atoms with Gasteiger partial charge >= 0.3 is 0 Å². The molecule has 7 heteroatoms. The smallest absolute Gasteiger partial charge is 0.256 e. The van der Waals surface area contributed by atoms with Gasteiger partial charge in [0.15, 0.2) is 0 Å². The second-order valence-corrected chi connectivity index (χ2v) is 6.73. The van der Waals surface area contributed by atoms with E-state index in [9.17, 15) is 4.79 Å². The number of anilines is 1. The third-order valence-electron chi connectivity index (χ3n) is 3.88. The van der Waals surface area contributed by atoms with E-state index in [4.69, 9.17) is 4.74 Å². The second kappa shape index (κ2) is 6.52. The molecule has 0 saturated heterocycles. The van der Waals surface area contributed by atoms with E-state index in [0.29, 0.717) is 18.0 Å². The minimum atomic E-state index is -0.315. The maximum atomic E-state index is 12.2. The van der Waals surface area contributed by atoms with Gasteiger partial charge in [0.2, 0.25) is 0 Å². The molecular formula is C18H16N4O2S. The Labute approximate surface area is 148 Å². The minimum Gasteiger partial charge on any atom is -0.487 e. The summed E-state index contributed by atoms with van der Waals surface area (Å²) in [5.41, 5.74) is 2.41. The molecule has 0 radical (unpaired) electrons. The molecule has 0 fully saturated rings. The number of fused-ring (bicyclic) bond motifs is 1. The summed E-state index contributed by atoms with van der Waals surface area (Å²) < 4.78 is 5.75. The molecule has 2 N–H and O–H groups in total. The molecule has 1 amide bonds. The number of carbonyl (C=O) groups excluding carboxylic acids is 1. The van der Waals surface area contributed by atoms with Crippen LogP contribution in [0.25, 0.3) is 0 Å².